The SMILES string of the molecule is NCc1nc(C2CCc3ccccc3C2)n[nH]1. The molecule has 2 aromatic rings. The predicted octanol–water partition coefficient (Wildman–Crippen LogP) is 1.54. The molecule has 17 heavy (non-hydrogen) atoms. The average Bonchev–Trinajstić information content (AvgIpc) is 2.87. The molecule has 1 aliphatic carbocycles. The lowest BCUT2D eigenvalue weighted by molar-refractivity contribution is 0.556. The molecular formula is C13H16N4. The number of aromatic nitrogens is 3. The molecule has 1 aromatic heterocycles. The molecule has 4 nitrogen and oxygen atoms in total. The third-order valence-electron chi connectivity index (χ3n) is 3.45. The van der Waals surface area contributed by atoms with Gasteiger partial charge in [-0.3, -0.25) is 5.10 Å². The van der Waals surface area contributed by atoms with Crippen molar-refractivity contribution in [2.45, 2.75) is 31.7 Å². The number of aryl methyl sites for hydroxylation is 1. The van der Waals surface area contributed by atoms with Gasteiger partial charge in [-0.25, -0.2) is 4.98 Å². The van der Waals surface area contributed by atoms with Crippen LogP contribution in [0.25, 0.3) is 0 Å². The number of nitrogens with one attached hydrogen (secondary N) is 1. The lowest BCUT2D eigenvalue weighted by Crippen LogP contribution is -2.14. The molecule has 3 rings (SSSR count). The summed E-state index contributed by atoms with van der Waals surface area (Å²) in [6, 6.07) is 8.63. The van der Waals surface area contributed by atoms with Crippen LogP contribution in [0.1, 0.15) is 35.1 Å². The van der Waals surface area contributed by atoms with Crippen molar-refractivity contribution in [3.63, 3.8) is 0 Å². The van der Waals surface area contributed by atoms with E-state index in [1.165, 1.54) is 11.1 Å². The number of rotatable bonds is 2. The van der Waals surface area contributed by atoms with Gasteiger partial charge in [0.15, 0.2) is 5.82 Å². The zero-order valence-electron chi connectivity index (χ0n) is 9.69. The molecule has 0 bridgehead atoms. The third-order valence-corrected chi connectivity index (χ3v) is 3.45. The van der Waals surface area contributed by atoms with E-state index in [1.807, 2.05) is 0 Å². The Labute approximate surface area is 100 Å². The molecule has 1 unspecified atom stereocenters. The highest BCUT2D eigenvalue weighted by Crippen LogP contribution is 2.30. The van der Waals surface area contributed by atoms with E-state index >= 15 is 0 Å². The van der Waals surface area contributed by atoms with Crippen molar-refractivity contribution in [3.8, 4) is 0 Å². The summed E-state index contributed by atoms with van der Waals surface area (Å²) in [5.74, 6) is 2.13. The summed E-state index contributed by atoms with van der Waals surface area (Å²) in [7, 11) is 0. The lowest BCUT2D eigenvalue weighted by atomic mass is 9.83. The maximum absolute atomic E-state index is 5.54. The van der Waals surface area contributed by atoms with Crippen LogP contribution in [-0.2, 0) is 19.4 Å². The molecule has 1 aliphatic rings. The van der Waals surface area contributed by atoms with Crippen molar-refractivity contribution in [3.05, 3.63) is 47.0 Å². The van der Waals surface area contributed by atoms with Crippen molar-refractivity contribution in [1.29, 1.82) is 0 Å². The molecule has 0 saturated heterocycles. The third kappa shape index (κ3) is 1.96. The van der Waals surface area contributed by atoms with Gasteiger partial charge in [-0.2, -0.15) is 5.10 Å². The van der Waals surface area contributed by atoms with Crippen molar-refractivity contribution in [2.75, 3.05) is 0 Å². The summed E-state index contributed by atoms with van der Waals surface area (Å²) < 4.78 is 0. The maximum Gasteiger partial charge on any atom is 0.154 e. The number of hydrogen-bond donors (Lipinski definition) is 2. The van der Waals surface area contributed by atoms with E-state index in [1.54, 1.807) is 0 Å². The minimum Gasteiger partial charge on any atom is -0.324 e. The summed E-state index contributed by atoms with van der Waals surface area (Å²) >= 11 is 0. The van der Waals surface area contributed by atoms with E-state index in [4.69, 9.17) is 5.73 Å². The highest BCUT2D eigenvalue weighted by atomic mass is 15.2. The van der Waals surface area contributed by atoms with Crippen molar-refractivity contribution < 1.29 is 0 Å². The Morgan fingerprint density at radius 1 is 1.29 bits per heavy atom. The number of nitrogens with two attached hydrogens (primary N) is 1. The second kappa shape index (κ2) is 4.30. The highest BCUT2D eigenvalue weighted by Gasteiger charge is 2.22. The number of H-pyrrole nitrogens is 1. The fraction of sp³-hybridized carbons (Fsp3) is 0.385. The van der Waals surface area contributed by atoms with E-state index in [0.29, 0.717) is 12.5 Å². The monoisotopic (exact) mass is 228 g/mol. The molecule has 0 radical (unpaired) electrons. The van der Waals surface area contributed by atoms with Gasteiger partial charge in [-0.05, 0) is 30.4 Å². The summed E-state index contributed by atoms with van der Waals surface area (Å²) in [5.41, 5.74) is 8.44. The Morgan fingerprint density at radius 2 is 2.12 bits per heavy atom. The summed E-state index contributed by atoms with van der Waals surface area (Å²) in [6.45, 7) is 0.427. The number of fused-ring (bicyclic) bond motifs is 1. The van der Waals surface area contributed by atoms with Crippen molar-refractivity contribution in [1.82, 2.24) is 15.2 Å². The number of aromatic amines is 1. The molecule has 0 fully saturated rings. The summed E-state index contributed by atoms with van der Waals surface area (Å²) in [6.07, 6.45) is 3.28. The number of benzene rings is 1. The molecule has 1 heterocycles. The first kappa shape index (κ1) is 10.5. The van der Waals surface area contributed by atoms with Gasteiger partial charge in [0, 0.05) is 5.92 Å². The fourth-order valence-corrected chi connectivity index (χ4v) is 2.50. The molecular weight excluding hydrogens is 212 g/mol. The molecule has 1 atom stereocenters. The minimum atomic E-state index is 0.427. The molecule has 3 N–H and O–H groups in total. The topological polar surface area (TPSA) is 67.6 Å². The summed E-state index contributed by atoms with van der Waals surface area (Å²) in [5, 5.41) is 7.16. The Bertz CT molecular complexity index is 518. The van der Waals surface area contributed by atoms with Gasteiger partial charge in [-0.1, -0.05) is 24.3 Å². The molecule has 0 aliphatic heterocycles. The zero-order valence-corrected chi connectivity index (χ0v) is 9.69. The van der Waals surface area contributed by atoms with Gasteiger partial charge in [-0.15, -0.1) is 0 Å². The number of nitrogens with zero attached hydrogens (tertiary/aromatic N) is 2. The zero-order chi connectivity index (χ0) is 11.7. The van der Waals surface area contributed by atoms with Gasteiger partial charge in [0.05, 0.1) is 6.54 Å². The van der Waals surface area contributed by atoms with Crippen LogP contribution in [-0.4, -0.2) is 15.2 Å². The van der Waals surface area contributed by atoms with Crippen LogP contribution in [0.15, 0.2) is 24.3 Å². The van der Waals surface area contributed by atoms with Crippen LogP contribution in [0.3, 0.4) is 0 Å². The van der Waals surface area contributed by atoms with E-state index in [9.17, 15) is 0 Å². The van der Waals surface area contributed by atoms with Gasteiger partial charge >= 0.3 is 0 Å². The molecule has 88 valence electrons. The van der Waals surface area contributed by atoms with Crippen LogP contribution in [0.4, 0.5) is 0 Å². The van der Waals surface area contributed by atoms with E-state index in [2.05, 4.69) is 39.4 Å². The highest BCUT2D eigenvalue weighted by molar-refractivity contribution is 5.31. The molecule has 0 amide bonds. The standard InChI is InChI=1S/C13H16N4/c14-8-12-15-13(17-16-12)11-6-5-9-3-1-2-4-10(9)7-11/h1-4,11H,5-8,14H2,(H,15,16,17). The van der Waals surface area contributed by atoms with Gasteiger partial charge in [0.25, 0.3) is 0 Å². The normalized spacial score (nSPS) is 19.0. The lowest BCUT2D eigenvalue weighted by Gasteiger charge is -2.22. The smallest absolute Gasteiger partial charge is 0.154 e. The second-order valence-electron chi connectivity index (χ2n) is 4.55. The first-order valence-corrected chi connectivity index (χ1v) is 6.05. The van der Waals surface area contributed by atoms with E-state index in [0.717, 1.165) is 30.9 Å². The largest absolute Gasteiger partial charge is 0.324 e. The first-order valence-electron chi connectivity index (χ1n) is 6.05. The van der Waals surface area contributed by atoms with Crippen LogP contribution in [0.2, 0.25) is 0 Å². The van der Waals surface area contributed by atoms with Gasteiger partial charge < -0.3 is 5.73 Å². The van der Waals surface area contributed by atoms with Crippen molar-refractivity contribution >= 4 is 0 Å². The number of hydrogen-bond acceptors (Lipinski definition) is 3. The van der Waals surface area contributed by atoms with Gasteiger partial charge in [0.2, 0.25) is 0 Å². The summed E-state index contributed by atoms with van der Waals surface area (Å²) in [4.78, 5) is 4.43. The Kier molecular flexibility index (Phi) is 2.65. The van der Waals surface area contributed by atoms with E-state index < -0.39 is 0 Å². The quantitative estimate of drug-likeness (QED) is 0.819. The van der Waals surface area contributed by atoms with Crippen LogP contribution in [0, 0.1) is 0 Å². The Hall–Kier alpha value is -1.68. The van der Waals surface area contributed by atoms with Crippen molar-refractivity contribution in [2.24, 2.45) is 5.73 Å². The molecule has 4 heteroatoms. The molecule has 0 saturated carbocycles. The Morgan fingerprint density at radius 3 is 2.88 bits per heavy atom. The second-order valence-corrected chi connectivity index (χ2v) is 4.55. The van der Waals surface area contributed by atoms with Crippen LogP contribution < -0.4 is 5.73 Å². The average molecular weight is 228 g/mol. The van der Waals surface area contributed by atoms with Gasteiger partial charge in [0.1, 0.15) is 5.82 Å². The maximum atomic E-state index is 5.54. The molecule has 1 aromatic carbocycles. The van der Waals surface area contributed by atoms with Crippen LogP contribution in [0.5, 0.6) is 0 Å². The van der Waals surface area contributed by atoms with Crippen LogP contribution >= 0.6 is 0 Å². The fourth-order valence-electron chi connectivity index (χ4n) is 2.50. The minimum absolute atomic E-state index is 0.427. The molecule has 0 spiro atoms. The Balaban J connectivity index is 1.84. The first-order chi connectivity index (χ1) is 8.36. The predicted molar refractivity (Wildman–Crippen MR) is 65.5 cm³/mol. The van der Waals surface area contributed by atoms with E-state index in [-0.39, 0.29) is 0 Å².